The molecule has 0 spiro atoms. The molecule has 4 aromatic rings. The van der Waals surface area contributed by atoms with E-state index < -0.39 is 0 Å². The van der Waals surface area contributed by atoms with Gasteiger partial charge in [-0.1, -0.05) is 25.1 Å². The summed E-state index contributed by atoms with van der Waals surface area (Å²) < 4.78 is 5.11. The lowest BCUT2D eigenvalue weighted by atomic mass is 9.96. The number of fused-ring (bicyclic) bond motifs is 1. The highest BCUT2D eigenvalue weighted by atomic mass is 32.1. The second-order valence-corrected chi connectivity index (χ2v) is 7.34. The summed E-state index contributed by atoms with van der Waals surface area (Å²) in [5, 5.41) is 6.92. The van der Waals surface area contributed by atoms with Crippen LogP contribution >= 0.6 is 13.5 Å². The number of nitrogens with zero attached hydrogens (tertiary/aromatic N) is 4. The number of nitrogens with one attached hydrogen (secondary N) is 2. The molecule has 0 saturated heterocycles. The Morgan fingerprint density at radius 3 is 2.67 bits per heavy atom. The van der Waals surface area contributed by atoms with Gasteiger partial charge in [-0.2, -0.15) is 13.5 Å². The zero-order valence-electron chi connectivity index (χ0n) is 18.7. The predicted octanol–water partition coefficient (Wildman–Crippen LogP) is 3.78. The van der Waals surface area contributed by atoms with Crippen LogP contribution in [0.2, 0.25) is 0 Å². The first-order chi connectivity index (χ1) is 15.6. The molecule has 0 aliphatic carbocycles. The largest absolute Gasteiger partial charge is 0.481 e. The van der Waals surface area contributed by atoms with E-state index in [0.717, 1.165) is 33.5 Å². The first-order valence-electron chi connectivity index (χ1n) is 10.3. The third-order valence-corrected chi connectivity index (χ3v) is 5.30. The lowest BCUT2D eigenvalue weighted by molar-refractivity contribution is 0.0964. The maximum absolute atomic E-state index is 12.2. The maximum Gasteiger partial charge on any atom is 0.251 e. The van der Waals surface area contributed by atoms with Crippen LogP contribution in [0.25, 0.3) is 22.2 Å². The van der Waals surface area contributed by atoms with Crippen LogP contribution in [0.3, 0.4) is 0 Å². The Morgan fingerprint density at radius 2 is 1.94 bits per heavy atom. The van der Waals surface area contributed by atoms with Crippen molar-refractivity contribution in [2.24, 2.45) is 0 Å². The molecular weight excluding hydrogens is 436 g/mol. The Morgan fingerprint density at radius 1 is 1.09 bits per heavy atom. The highest BCUT2D eigenvalue weighted by Crippen LogP contribution is 2.27. The highest BCUT2D eigenvalue weighted by Gasteiger charge is 2.15. The molecule has 9 heteroatoms. The summed E-state index contributed by atoms with van der Waals surface area (Å²) in [5.74, 6) is 1.28. The Labute approximate surface area is 199 Å². The zero-order valence-corrected chi connectivity index (χ0v) is 19.7. The van der Waals surface area contributed by atoms with E-state index in [-0.39, 0.29) is 25.3 Å². The van der Waals surface area contributed by atoms with Crippen molar-refractivity contribution in [1.82, 2.24) is 25.3 Å². The second kappa shape index (κ2) is 10.7. The number of hydrogen-bond donors (Lipinski definition) is 2. The lowest BCUT2D eigenvalue weighted by Gasteiger charge is -2.16. The van der Waals surface area contributed by atoms with Gasteiger partial charge in [0.1, 0.15) is 12.1 Å². The highest BCUT2D eigenvalue weighted by molar-refractivity contribution is 7.59. The van der Waals surface area contributed by atoms with E-state index in [0.29, 0.717) is 18.0 Å². The lowest BCUT2D eigenvalue weighted by Crippen LogP contribution is -2.18. The second-order valence-electron chi connectivity index (χ2n) is 7.34. The summed E-state index contributed by atoms with van der Waals surface area (Å²) in [5.41, 5.74) is 4.16. The number of hydrogen-bond acceptors (Lipinski definition) is 7. The maximum atomic E-state index is 12.2. The molecular formula is C24H26N6O2S. The molecule has 0 saturated carbocycles. The van der Waals surface area contributed by atoms with Gasteiger partial charge in [0, 0.05) is 55.0 Å². The molecule has 170 valence electrons. The van der Waals surface area contributed by atoms with Gasteiger partial charge in [0.05, 0.1) is 23.9 Å². The zero-order chi connectivity index (χ0) is 22.5. The van der Waals surface area contributed by atoms with Crippen molar-refractivity contribution in [3.05, 3.63) is 72.3 Å². The normalized spacial score (nSPS) is 11.4. The van der Waals surface area contributed by atoms with E-state index in [4.69, 9.17) is 4.74 Å². The first kappa shape index (κ1) is 23.9. The molecule has 0 bridgehead atoms. The first-order valence-corrected chi connectivity index (χ1v) is 10.3. The van der Waals surface area contributed by atoms with Crippen molar-refractivity contribution in [2.75, 3.05) is 26.0 Å². The number of pyridine rings is 2. The Balaban J connectivity index is 0.00000306. The van der Waals surface area contributed by atoms with Gasteiger partial charge < -0.3 is 15.4 Å². The summed E-state index contributed by atoms with van der Waals surface area (Å²) in [4.78, 5) is 29.7. The van der Waals surface area contributed by atoms with Crippen molar-refractivity contribution >= 4 is 36.1 Å². The predicted molar refractivity (Wildman–Crippen MR) is 134 cm³/mol. The third kappa shape index (κ3) is 5.20. The van der Waals surface area contributed by atoms with Crippen LogP contribution in [0, 0.1) is 0 Å². The smallest absolute Gasteiger partial charge is 0.251 e. The molecule has 0 aliphatic heterocycles. The molecule has 2 N–H and O–H groups in total. The third-order valence-electron chi connectivity index (χ3n) is 5.30. The fraction of sp³-hybridized carbons (Fsp3) is 0.208. The van der Waals surface area contributed by atoms with Gasteiger partial charge in [-0.25, -0.2) is 15.0 Å². The molecule has 33 heavy (non-hydrogen) atoms. The van der Waals surface area contributed by atoms with Crippen LogP contribution in [-0.4, -0.2) is 46.5 Å². The van der Waals surface area contributed by atoms with Gasteiger partial charge in [-0.3, -0.25) is 9.78 Å². The molecule has 1 aromatic carbocycles. The van der Waals surface area contributed by atoms with E-state index in [2.05, 4.69) is 37.5 Å². The number of methoxy groups -OCH3 is 1. The minimum absolute atomic E-state index is 0. The minimum atomic E-state index is -0.123. The van der Waals surface area contributed by atoms with Gasteiger partial charge in [-0.15, -0.1) is 0 Å². The number of carbonyl (C=O) groups excluding carboxylic acids is 1. The average molecular weight is 463 g/mol. The van der Waals surface area contributed by atoms with Gasteiger partial charge in [-0.05, 0) is 17.7 Å². The number of para-hydroxylation sites is 1. The summed E-state index contributed by atoms with van der Waals surface area (Å²) in [7, 11) is 3.21. The molecule has 0 unspecified atom stereocenters. The van der Waals surface area contributed by atoms with Crippen LogP contribution < -0.4 is 15.4 Å². The topological polar surface area (TPSA) is 102 Å². The summed E-state index contributed by atoms with van der Waals surface area (Å²) >= 11 is 0. The molecule has 1 amide bonds. The standard InChI is InChI=1S/C24H24N6O2.H2S/c1-15(17-5-4-6-18-19(24(31)25-2)9-10-26-23(17)18)12-27-21-11-20(29-14-30-21)16-7-8-22(32-3)28-13-16;/h4-11,13-15H,12H2,1-3H3,(H,25,31)(H,27,29,30);1H2/t15-;/m1./s1. The molecule has 8 nitrogen and oxygen atoms in total. The van der Waals surface area contributed by atoms with Gasteiger partial charge >= 0.3 is 0 Å². The Bertz CT molecular complexity index is 1250. The molecule has 0 radical (unpaired) electrons. The number of benzene rings is 1. The number of ether oxygens (including phenoxy) is 1. The SMILES string of the molecule is CNC(=O)c1ccnc2c([C@H](C)CNc3cc(-c4ccc(OC)nc4)ncn3)cccc12.S. The number of aromatic nitrogens is 4. The van der Waals surface area contributed by atoms with Crippen LogP contribution in [0.4, 0.5) is 5.82 Å². The summed E-state index contributed by atoms with van der Waals surface area (Å²) in [6.07, 6.45) is 4.93. The monoisotopic (exact) mass is 462 g/mol. The van der Waals surface area contributed by atoms with Crippen LogP contribution in [-0.2, 0) is 0 Å². The van der Waals surface area contributed by atoms with Gasteiger partial charge in [0.15, 0.2) is 0 Å². The van der Waals surface area contributed by atoms with Crippen molar-refractivity contribution in [3.8, 4) is 17.1 Å². The van der Waals surface area contributed by atoms with Gasteiger partial charge in [0.25, 0.3) is 5.91 Å². The molecule has 0 fully saturated rings. The number of rotatable bonds is 7. The average Bonchev–Trinajstić information content (AvgIpc) is 2.86. The Kier molecular flexibility index (Phi) is 7.78. The summed E-state index contributed by atoms with van der Waals surface area (Å²) in [6.45, 7) is 2.76. The molecule has 4 rings (SSSR count). The number of carbonyl (C=O) groups is 1. The van der Waals surface area contributed by atoms with Gasteiger partial charge in [0.2, 0.25) is 5.88 Å². The molecule has 0 aliphatic rings. The van der Waals surface area contributed by atoms with Crippen LogP contribution in [0.5, 0.6) is 5.88 Å². The molecule has 3 heterocycles. The van der Waals surface area contributed by atoms with E-state index in [1.807, 2.05) is 30.3 Å². The van der Waals surface area contributed by atoms with Crippen molar-refractivity contribution in [2.45, 2.75) is 12.8 Å². The fourth-order valence-electron chi connectivity index (χ4n) is 3.56. The minimum Gasteiger partial charge on any atom is -0.481 e. The van der Waals surface area contributed by atoms with E-state index in [1.165, 1.54) is 6.33 Å². The van der Waals surface area contributed by atoms with E-state index >= 15 is 0 Å². The fourth-order valence-corrected chi connectivity index (χ4v) is 3.56. The molecule has 3 aromatic heterocycles. The Hall–Kier alpha value is -3.72. The quantitative estimate of drug-likeness (QED) is 0.431. The summed E-state index contributed by atoms with van der Waals surface area (Å²) in [6, 6.07) is 13.3. The van der Waals surface area contributed by atoms with Crippen LogP contribution in [0.15, 0.2) is 61.2 Å². The van der Waals surface area contributed by atoms with Crippen molar-refractivity contribution in [3.63, 3.8) is 0 Å². The van der Waals surface area contributed by atoms with Crippen LogP contribution in [0.1, 0.15) is 28.8 Å². The molecule has 1 atom stereocenters. The van der Waals surface area contributed by atoms with Crippen molar-refractivity contribution in [1.29, 1.82) is 0 Å². The van der Waals surface area contributed by atoms with Crippen molar-refractivity contribution < 1.29 is 9.53 Å². The van der Waals surface area contributed by atoms with E-state index in [9.17, 15) is 4.79 Å². The number of anilines is 1. The number of amides is 1. The van der Waals surface area contributed by atoms with E-state index in [1.54, 1.807) is 38.7 Å².